The summed E-state index contributed by atoms with van der Waals surface area (Å²) in [5.74, 6) is 8.27. The molecule has 0 aromatic heterocycles. The molecule has 4 aromatic rings. The number of para-hydroxylation sites is 2. The smallest absolute Gasteiger partial charge is 0.126 e. The van der Waals surface area contributed by atoms with Crippen LogP contribution in [0.5, 0.6) is 11.5 Å². The molecule has 4 aromatic carbocycles. The first-order valence-corrected chi connectivity index (χ1v) is 23.4. The molecule has 8 aliphatic rings. The highest BCUT2D eigenvalue weighted by Crippen LogP contribution is 2.79. The molecule has 8 aliphatic carbocycles. The fraction of sp³-hybridized carbons (Fsp3) is 0.538. The van der Waals surface area contributed by atoms with Crippen molar-refractivity contribution in [1.29, 1.82) is 0 Å². The van der Waals surface area contributed by atoms with E-state index in [2.05, 4.69) is 107 Å². The van der Waals surface area contributed by atoms with Crippen LogP contribution in [0.15, 0.2) is 78.9 Å². The van der Waals surface area contributed by atoms with E-state index < -0.39 is 7.92 Å². The Morgan fingerprint density at radius 1 is 0.473 bits per heavy atom. The molecule has 0 aliphatic heterocycles. The third kappa shape index (κ3) is 5.88. The van der Waals surface area contributed by atoms with Gasteiger partial charge in [0, 0.05) is 11.1 Å². The molecular formula is C52H63O2P. The lowest BCUT2D eigenvalue weighted by Crippen LogP contribution is -2.58. The van der Waals surface area contributed by atoms with Crippen LogP contribution in [-0.4, -0.2) is 24.5 Å². The average Bonchev–Trinajstić information content (AvgIpc) is 3.16. The third-order valence-corrected chi connectivity index (χ3v) is 19.6. The van der Waals surface area contributed by atoms with Crippen LogP contribution in [-0.2, 0) is 0 Å². The van der Waals surface area contributed by atoms with Gasteiger partial charge < -0.3 is 9.47 Å². The molecule has 0 radical (unpaired) electrons. The van der Waals surface area contributed by atoms with Crippen molar-refractivity contribution in [1.82, 2.24) is 0 Å². The zero-order valence-corrected chi connectivity index (χ0v) is 35.3. The highest BCUT2D eigenvalue weighted by Gasteiger charge is 2.63. The van der Waals surface area contributed by atoms with Gasteiger partial charge in [-0.2, -0.15) is 0 Å². The van der Waals surface area contributed by atoms with Gasteiger partial charge in [0.1, 0.15) is 11.5 Å². The molecule has 12 rings (SSSR count). The molecule has 0 amide bonds. The minimum atomic E-state index is -0.407. The first-order valence-electron chi connectivity index (χ1n) is 22.1. The zero-order valence-electron chi connectivity index (χ0n) is 34.4. The van der Waals surface area contributed by atoms with Gasteiger partial charge in [-0.15, -0.1) is 0 Å². The molecule has 288 valence electrons. The standard InChI is InChI=1S/C52H63O2P/c1-32(2)48-43(40-13-7-10-16-45(40)53-5)25-44(41-14-8-11-17-46(41)54-6)49(33(3)4)50(48)42-15-9-12-18-47(42)55(51-26-34-19-35(27-51)21-36(20-34)28-51)52-29-37-22-38(30-52)24-39(23-37)31-52/h7-18,25,32-39H,19-24,26-31H2,1-6H3. The topological polar surface area (TPSA) is 18.5 Å². The summed E-state index contributed by atoms with van der Waals surface area (Å²) in [5, 5.41) is 2.76. The number of hydrogen-bond acceptors (Lipinski definition) is 2. The van der Waals surface area contributed by atoms with Crippen molar-refractivity contribution in [2.75, 3.05) is 14.2 Å². The van der Waals surface area contributed by atoms with E-state index in [0.717, 1.165) is 47.0 Å². The van der Waals surface area contributed by atoms with E-state index in [1.165, 1.54) is 116 Å². The van der Waals surface area contributed by atoms with Crippen molar-refractivity contribution in [3.8, 4) is 44.9 Å². The number of rotatable bonds is 10. The fourth-order valence-corrected chi connectivity index (χ4v) is 20.3. The maximum absolute atomic E-state index is 6.16. The van der Waals surface area contributed by atoms with Crippen molar-refractivity contribution < 1.29 is 9.47 Å². The van der Waals surface area contributed by atoms with Crippen LogP contribution < -0.4 is 14.8 Å². The lowest BCUT2D eigenvalue weighted by atomic mass is 9.55. The molecular weight excluding hydrogens is 688 g/mol. The zero-order chi connectivity index (χ0) is 37.6. The van der Waals surface area contributed by atoms with Crippen LogP contribution in [0.1, 0.15) is 128 Å². The van der Waals surface area contributed by atoms with Crippen molar-refractivity contribution in [3.05, 3.63) is 90.0 Å². The van der Waals surface area contributed by atoms with Crippen LogP contribution in [0.4, 0.5) is 0 Å². The van der Waals surface area contributed by atoms with Gasteiger partial charge in [0.15, 0.2) is 0 Å². The summed E-state index contributed by atoms with van der Waals surface area (Å²) in [7, 11) is 3.25. The van der Waals surface area contributed by atoms with E-state index in [-0.39, 0.29) is 0 Å². The molecule has 8 saturated carbocycles. The molecule has 0 saturated heterocycles. The summed E-state index contributed by atoms with van der Waals surface area (Å²) in [6, 6.07) is 30.1. The normalized spacial score (nSPS) is 32.1. The third-order valence-electron chi connectivity index (χ3n) is 15.7. The molecule has 0 unspecified atom stereocenters. The average molecular weight is 751 g/mol. The van der Waals surface area contributed by atoms with Gasteiger partial charge in [-0.05, 0) is 192 Å². The second kappa shape index (κ2) is 13.8. The number of hydrogen-bond donors (Lipinski definition) is 0. The van der Waals surface area contributed by atoms with E-state index in [4.69, 9.17) is 9.47 Å². The Bertz CT molecular complexity index is 1900. The molecule has 8 fully saturated rings. The highest BCUT2D eigenvalue weighted by atomic mass is 31.1. The lowest BCUT2D eigenvalue weighted by molar-refractivity contribution is 0.0195. The van der Waals surface area contributed by atoms with Crippen LogP contribution in [0.2, 0.25) is 0 Å². The SMILES string of the molecule is COc1ccccc1-c1cc(-c2ccccc2OC)c(C(C)C)c(-c2ccccc2P(C23CC4CC(CC(C4)C2)C3)C23CC4CC(CC(C4)C2)C3)c1C(C)C. The van der Waals surface area contributed by atoms with E-state index in [1.54, 1.807) is 10.9 Å². The van der Waals surface area contributed by atoms with E-state index in [1.807, 2.05) is 14.2 Å². The number of ether oxygens (including phenoxy) is 2. The van der Waals surface area contributed by atoms with Gasteiger partial charge in [-0.1, -0.05) is 96.3 Å². The quantitative estimate of drug-likeness (QED) is 0.150. The van der Waals surface area contributed by atoms with E-state index >= 15 is 0 Å². The second-order valence-corrected chi connectivity index (χ2v) is 23.1. The van der Waals surface area contributed by atoms with Crippen LogP contribution in [0.25, 0.3) is 33.4 Å². The summed E-state index contributed by atoms with van der Waals surface area (Å²) in [6.07, 6.45) is 18.1. The monoisotopic (exact) mass is 750 g/mol. The Morgan fingerprint density at radius 3 is 1.18 bits per heavy atom. The van der Waals surface area contributed by atoms with Gasteiger partial charge >= 0.3 is 0 Å². The predicted molar refractivity (Wildman–Crippen MR) is 232 cm³/mol. The Balaban J connectivity index is 1.29. The predicted octanol–water partition coefficient (Wildman–Crippen LogP) is 14.0. The Morgan fingerprint density at radius 2 is 0.818 bits per heavy atom. The van der Waals surface area contributed by atoms with Crippen LogP contribution >= 0.6 is 7.92 Å². The van der Waals surface area contributed by atoms with Gasteiger partial charge in [-0.3, -0.25) is 0 Å². The van der Waals surface area contributed by atoms with Crippen molar-refractivity contribution in [3.63, 3.8) is 0 Å². The summed E-state index contributed by atoms with van der Waals surface area (Å²) < 4.78 is 12.3. The fourth-order valence-electron chi connectivity index (χ4n) is 15.0. The molecule has 8 bridgehead atoms. The van der Waals surface area contributed by atoms with Gasteiger partial charge in [0.25, 0.3) is 0 Å². The van der Waals surface area contributed by atoms with Gasteiger partial charge in [0.2, 0.25) is 0 Å². The lowest BCUT2D eigenvalue weighted by Gasteiger charge is -2.67. The van der Waals surface area contributed by atoms with Crippen LogP contribution in [0.3, 0.4) is 0 Å². The molecule has 55 heavy (non-hydrogen) atoms. The van der Waals surface area contributed by atoms with Crippen LogP contribution in [0, 0.1) is 35.5 Å². The number of methoxy groups -OCH3 is 2. The molecule has 0 atom stereocenters. The Labute approximate surface area is 333 Å². The van der Waals surface area contributed by atoms with Crippen molar-refractivity contribution in [2.24, 2.45) is 35.5 Å². The van der Waals surface area contributed by atoms with Crippen molar-refractivity contribution >= 4 is 13.2 Å². The van der Waals surface area contributed by atoms with Gasteiger partial charge in [0.05, 0.1) is 14.2 Å². The van der Waals surface area contributed by atoms with Gasteiger partial charge in [-0.25, -0.2) is 0 Å². The van der Waals surface area contributed by atoms with Crippen molar-refractivity contribution in [2.45, 2.75) is 127 Å². The first-order chi connectivity index (χ1) is 26.7. The maximum Gasteiger partial charge on any atom is 0.126 e. The summed E-state index contributed by atoms with van der Waals surface area (Å²) >= 11 is 0. The Kier molecular flexibility index (Phi) is 9.09. The number of benzene rings is 4. The van der Waals surface area contributed by atoms with E-state index in [0.29, 0.717) is 22.1 Å². The van der Waals surface area contributed by atoms with E-state index in [9.17, 15) is 0 Å². The molecule has 2 nitrogen and oxygen atoms in total. The summed E-state index contributed by atoms with van der Waals surface area (Å²) in [4.78, 5) is 0. The maximum atomic E-state index is 6.16. The minimum Gasteiger partial charge on any atom is -0.496 e. The Hall–Kier alpha value is -3.09. The first kappa shape index (κ1) is 36.3. The second-order valence-electron chi connectivity index (χ2n) is 20.0. The minimum absolute atomic E-state index is 0.317. The molecule has 0 heterocycles. The molecule has 0 spiro atoms. The molecule has 0 N–H and O–H groups in total. The molecule has 3 heteroatoms. The summed E-state index contributed by atoms with van der Waals surface area (Å²) in [5.41, 5.74) is 11.0. The highest BCUT2D eigenvalue weighted by molar-refractivity contribution is 7.69. The largest absolute Gasteiger partial charge is 0.496 e. The summed E-state index contributed by atoms with van der Waals surface area (Å²) in [6.45, 7) is 9.75.